The molecule has 0 bridgehead atoms. The molecule has 0 saturated heterocycles. The summed E-state index contributed by atoms with van der Waals surface area (Å²) < 4.78 is 8.97. The van der Waals surface area contributed by atoms with Gasteiger partial charge < -0.3 is 0 Å². The fraction of sp³-hybridized carbons (Fsp3) is 0. The molecule has 3 aromatic carbocycles. The Kier molecular flexibility index (Phi) is 1.76. The van der Waals surface area contributed by atoms with Crippen LogP contribution < -0.4 is 0 Å². The standard InChI is InChI=1S/C14H9Br/c15-14-9-10-5-1-2-6-11(10)12-7-3-4-8-13(12)14/h1-9H/i5D. The molecule has 0 aliphatic rings. The van der Waals surface area contributed by atoms with E-state index < -0.39 is 0 Å². The summed E-state index contributed by atoms with van der Waals surface area (Å²) in [6.45, 7) is 0. The number of halogens is 1. The first kappa shape index (κ1) is 7.89. The van der Waals surface area contributed by atoms with Crippen molar-refractivity contribution in [2.45, 2.75) is 0 Å². The Hall–Kier alpha value is -1.34. The molecule has 0 aliphatic heterocycles. The summed E-state index contributed by atoms with van der Waals surface area (Å²) in [4.78, 5) is 0. The molecule has 0 unspecified atom stereocenters. The van der Waals surface area contributed by atoms with E-state index in [1.807, 2.05) is 30.3 Å². The second-order valence-electron chi connectivity index (χ2n) is 3.54. The summed E-state index contributed by atoms with van der Waals surface area (Å²) >= 11 is 3.57. The summed E-state index contributed by atoms with van der Waals surface area (Å²) in [6, 6.07) is 16.7. The summed E-state index contributed by atoms with van der Waals surface area (Å²) in [5.74, 6) is 0. The largest absolute Gasteiger partial charge is 0.0629 e. The highest BCUT2D eigenvalue weighted by atomic mass is 79.9. The van der Waals surface area contributed by atoms with E-state index in [1.54, 1.807) is 0 Å². The molecule has 0 aliphatic carbocycles. The van der Waals surface area contributed by atoms with Crippen molar-refractivity contribution in [2.24, 2.45) is 0 Å². The lowest BCUT2D eigenvalue weighted by molar-refractivity contribution is 1.74. The van der Waals surface area contributed by atoms with Crippen molar-refractivity contribution in [2.75, 3.05) is 0 Å². The molecule has 1 heteroatoms. The van der Waals surface area contributed by atoms with Crippen LogP contribution >= 0.6 is 15.9 Å². The molecule has 3 rings (SSSR count). The predicted molar refractivity (Wildman–Crippen MR) is 69.2 cm³/mol. The van der Waals surface area contributed by atoms with Crippen molar-refractivity contribution >= 4 is 37.5 Å². The summed E-state index contributed by atoms with van der Waals surface area (Å²) in [5, 5.41) is 4.53. The van der Waals surface area contributed by atoms with Crippen LogP contribution in [0.4, 0.5) is 0 Å². The molecule has 0 atom stereocenters. The smallest absolute Gasteiger partial charge is 0.0616 e. The van der Waals surface area contributed by atoms with Crippen molar-refractivity contribution in [1.82, 2.24) is 0 Å². The molecule has 0 nitrogen and oxygen atoms in total. The zero-order valence-corrected chi connectivity index (χ0v) is 9.58. The Morgan fingerprint density at radius 1 is 0.867 bits per heavy atom. The number of rotatable bonds is 0. The summed E-state index contributed by atoms with van der Waals surface area (Å²) in [6.07, 6.45) is 0. The lowest BCUT2D eigenvalue weighted by Crippen LogP contribution is -1.78. The molecular weight excluding hydrogens is 248 g/mol. The SMILES string of the molecule is [2H]c1cccc2c1cc(Br)c1ccccc12. The van der Waals surface area contributed by atoms with E-state index in [2.05, 4.69) is 34.1 Å². The Labute approximate surface area is 98.1 Å². The highest BCUT2D eigenvalue weighted by Gasteiger charge is 2.02. The van der Waals surface area contributed by atoms with Crippen LogP contribution in [0, 0.1) is 0 Å². The lowest BCUT2D eigenvalue weighted by atomic mass is 10.0. The van der Waals surface area contributed by atoms with Crippen LogP contribution in [0.3, 0.4) is 0 Å². The van der Waals surface area contributed by atoms with E-state index in [0.29, 0.717) is 6.04 Å². The number of benzene rings is 3. The van der Waals surface area contributed by atoms with Gasteiger partial charge in [-0.25, -0.2) is 0 Å². The first-order chi connectivity index (χ1) is 7.77. The summed E-state index contributed by atoms with van der Waals surface area (Å²) in [5.41, 5.74) is 0. The maximum Gasteiger partial charge on any atom is 0.0629 e. The fourth-order valence-corrected chi connectivity index (χ4v) is 2.51. The van der Waals surface area contributed by atoms with Crippen molar-refractivity contribution in [3.8, 4) is 0 Å². The van der Waals surface area contributed by atoms with Crippen molar-refractivity contribution in [3.05, 3.63) is 59.0 Å². The van der Waals surface area contributed by atoms with Gasteiger partial charge in [0.1, 0.15) is 0 Å². The van der Waals surface area contributed by atoms with Gasteiger partial charge in [0.25, 0.3) is 0 Å². The third kappa shape index (κ3) is 1.35. The molecular formula is C14H9Br. The fourth-order valence-electron chi connectivity index (χ4n) is 1.93. The molecule has 15 heavy (non-hydrogen) atoms. The molecule has 0 N–H and O–H groups in total. The highest BCUT2D eigenvalue weighted by Crippen LogP contribution is 2.31. The highest BCUT2D eigenvalue weighted by molar-refractivity contribution is 9.10. The molecule has 3 aromatic rings. The molecule has 0 aromatic heterocycles. The van der Waals surface area contributed by atoms with Gasteiger partial charge in [0.05, 0.1) is 1.37 Å². The van der Waals surface area contributed by atoms with Gasteiger partial charge in [0, 0.05) is 4.47 Å². The molecule has 0 radical (unpaired) electrons. The van der Waals surface area contributed by atoms with E-state index in [9.17, 15) is 0 Å². The van der Waals surface area contributed by atoms with Crippen LogP contribution in [0.15, 0.2) is 59.0 Å². The topological polar surface area (TPSA) is 0 Å². The van der Waals surface area contributed by atoms with Gasteiger partial charge in [-0.1, -0.05) is 64.4 Å². The molecule has 0 saturated carbocycles. The quantitative estimate of drug-likeness (QED) is 0.510. The molecule has 0 spiro atoms. The Morgan fingerprint density at radius 3 is 2.40 bits per heavy atom. The molecule has 0 amide bonds. The van der Waals surface area contributed by atoms with Gasteiger partial charge in [-0.3, -0.25) is 0 Å². The van der Waals surface area contributed by atoms with Crippen LogP contribution in [0.5, 0.6) is 0 Å². The second kappa shape index (κ2) is 3.35. The van der Waals surface area contributed by atoms with Crippen LogP contribution in [0.1, 0.15) is 1.37 Å². The van der Waals surface area contributed by atoms with Gasteiger partial charge in [-0.2, -0.15) is 0 Å². The molecule has 0 fully saturated rings. The van der Waals surface area contributed by atoms with Gasteiger partial charge in [-0.05, 0) is 27.6 Å². The monoisotopic (exact) mass is 257 g/mol. The summed E-state index contributed by atoms with van der Waals surface area (Å²) in [7, 11) is 0. The van der Waals surface area contributed by atoms with Gasteiger partial charge >= 0.3 is 0 Å². The van der Waals surface area contributed by atoms with E-state index in [0.717, 1.165) is 15.2 Å². The average Bonchev–Trinajstić information content (AvgIpc) is 2.31. The number of hydrogen-bond donors (Lipinski definition) is 0. The number of fused-ring (bicyclic) bond motifs is 3. The van der Waals surface area contributed by atoms with E-state index in [1.165, 1.54) is 10.8 Å². The predicted octanol–water partition coefficient (Wildman–Crippen LogP) is 4.76. The Morgan fingerprint density at radius 2 is 1.53 bits per heavy atom. The second-order valence-corrected chi connectivity index (χ2v) is 4.39. The number of hydrogen-bond acceptors (Lipinski definition) is 0. The average molecular weight is 258 g/mol. The van der Waals surface area contributed by atoms with E-state index in [4.69, 9.17) is 1.37 Å². The zero-order valence-electron chi connectivity index (χ0n) is 9.00. The van der Waals surface area contributed by atoms with Gasteiger partial charge in [0.2, 0.25) is 0 Å². The minimum atomic E-state index is 0.573. The molecule has 72 valence electrons. The van der Waals surface area contributed by atoms with Crippen LogP contribution in [0.2, 0.25) is 0 Å². The van der Waals surface area contributed by atoms with Gasteiger partial charge in [-0.15, -0.1) is 0 Å². The Bertz CT molecular complexity index is 683. The normalized spacial score (nSPS) is 11.9. The maximum absolute atomic E-state index is 7.91. The van der Waals surface area contributed by atoms with E-state index >= 15 is 0 Å². The van der Waals surface area contributed by atoms with Crippen LogP contribution in [-0.4, -0.2) is 0 Å². The minimum Gasteiger partial charge on any atom is -0.0616 e. The third-order valence-corrected chi connectivity index (χ3v) is 3.29. The van der Waals surface area contributed by atoms with Crippen molar-refractivity contribution in [1.29, 1.82) is 0 Å². The third-order valence-electron chi connectivity index (χ3n) is 2.63. The Balaban J connectivity index is 2.64. The van der Waals surface area contributed by atoms with Crippen molar-refractivity contribution < 1.29 is 1.37 Å². The van der Waals surface area contributed by atoms with Gasteiger partial charge in [0.15, 0.2) is 0 Å². The zero-order chi connectivity index (χ0) is 11.1. The van der Waals surface area contributed by atoms with Crippen molar-refractivity contribution in [3.63, 3.8) is 0 Å². The first-order valence-corrected chi connectivity index (χ1v) is 5.63. The van der Waals surface area contributed by atoms with E-state index in [-0.39, 0.29) is 0 Å². The lowest BCUT2D eigenvalue weighted by Gasteiger charge is -2.05. The maximum atomic E-state index is 7.91. The van der Waals surface area contributed by atoms with Crippen LogP contribution in [0.25, 0.3) is 21.5 Å². The molecule has 0 heterocycles. The minimum absolute atomic E-state index is 0.573. The first-order valence-electron chi connectivity index (χ1n) is 5.34. The van der Waals surface area contributed by atoms with Crippen LogP contribution in [-0.2, 0) is 0 Å².